The zero-order chi connectivity index (χ0) is 20.2. The van der Waals surface area contributed by atoms with Crippen molar-refractivity contribution in [2.24, 2.45) is 29.1 Å². The first-order valence-electron chi connectivity index (χ1n) is 10.7. The molecule has 29 heavy (non-hydrogen) atoms. The SMILES string of the molecule is O=C(OCC(=O)C12CC3CC(CC(C3)C1)C2)[C@@H]1CC(=O)N(c2ccccc2F)C1. The predicted octanol–water partition coefficient (Wildman–Crippen LogP) is 3.51. The Balaban J connectivity index is 1.20. The van der Waals surface area contributed by atoms with Gasteiger partial charge < -0.3 is 9.64 Å². The van der Waals surface area contributed by atoms with Gasteiger partial charge in [0.25, 0.3) is 0 Å². The topological polar surface area (TPSA) is 63.7 Å². The number of amides is 1. The highest BCUT2D eigenvalue weighted by molar-refractivity contribution is 5.99. The van der Waals surface area contributed by atoms with Crippen LogP contribution < -0.4 is 4.90 Å². The number of hydrogen-bond acceptors (Lipinski definition) is 4. The molecule has 0 unspecified atom stereocenters. The number of ketones is 1. The second-order valence-corrected chi connectivity index (χ2v) is 9.59. The minimum atomic E-state index is -0.661. The van der Waals surface area contributed by atoms with Crippen molar-refractivity contribution in [3.8, 4) is 0 Å². The Morgan fingerprint density at radius 1 is 1.07 bits per heavy atom. The van der Waals surface area contributed by atoms with Gasteiger partial charge in [0.2, 0.25) is 5.91 Å². The van der Waals surface area contributed by atoms with Gasteiger partial charge in [-0.15, -0.1) is 0 Å². The molecule has 0 radical (unpaired) electrons. The molecule has 1 saturated heterocycles. The van der Waals surface area contributed by atoms with E-state index in [-0.39, 0.29) is 42.4 Å². The van der Waals surface area contributed by atoms with Crippen LogP contribution in [0.25, 0.3) is 0 Å². The van der Waals surface area contributed by atoms with Crippen molar-refractivity contribution in [1.82, 2.24) is 0 Å². The molecule has 0 N–H and O–H groups in total. The van der Waals surface area contributed by atoms with Gasteiger partial charge in [0.05, 0.1) is 11.6 Å². The summed E-state index contributed by atoms with van der Waals surface area (Å²) in [6.07, 6.45) is 6.57. The minimum absolute atomic E-state index is 0.0152. The van der Waals surface area contributed by atoms with Crippen molar-refractivity contribution in [3.05, 3.63) is 30.1 Å². The van der Waals surface area contributed by atoms with Crippen LogP contribution in [0.1, 0.15) is 44.9 Å². The largest absolute Gasteiger partial charge is 0.457 e. The molecule has 1 aliphatic heterocycles. The summed E-state index contributed by atoms with van der Waals surface area (Å²) in [7, 11) is 0. The summed E-state index contributed by atoms with van der Waals surface area (Å²) in [6, 6.07) is 6.03. The number of carbonyl (C=O) groups excluding carboxylic acids is 3. The molecule has 6 rings (SSSR count). The van der Waals surface area contributed by atoms with Crippen LogP contribution in [-0.2, 0) is 19.1 Å². The lowest BCUT2D eigenvalue weighted by Crippen LogP contribution is -2.51. The second kappa shape index (κ2) is 6.92. The van der Waals surface area contributed by atoms with Crippen molar-refractivity contribution in [3.63, 3.8) is 0 Å². The van der Waals surface area contributed by atoms with E-state index in [9.17, 15) is 18.8 Å². The molecule has 1 atom stereocenters. The van der Waals surface area contributed by atoms with Crippen LogP contribution in [0.3, 0.4) is 0 Å². The van der Waals surface area contributed by atoms with Gasteiger partial charge in [-0.1, -0.05) is 12.1 Å². The predicted molar refractivity (Wildman–Crippen MR) is 103 cm³/mol. The van der Waals surface area contributed by atoms with E-state index in [0.29, 0.717) is 17.8 Å². The first-order chi connectivity index (χ1) is 13.9. The summed E-state index contributed by atoms with van der Waals surface area (Å²) in [4.78, 5) is 39.1. The van der Waals surface area contributed by atoms with Gasteiger partial charge in [-0.05, 0) is 68.4 Å². The van der Waals surface area contributed by atoms with E-state index in [4.69, 9.17) is 4.74 Å². The average Bonchev–Trinajstić information content (AvgIpc) is 3.06. The first-order valence-corrected chi connectivity index (χ1v) is 10.7. The number of anilines is 1. The molecular formula is C23H26FNO4. The summed E-state index contributed by atoms with van der Waals surface area (Å²) >= 11 is 0. The second-order valence-electron chi connectivity index (χ2n) is 9.59. The number of ether oxygens (including phenoxy) is 1. The molecule has 6 heteroatoms. The Morgan fingerprint density at radius 3 is 2.31 bits per heavy atom. The molecule has 154 valence electrons. The van der Waals surface area contributed by atoms with Gasteiger partial charge in [0, 0.05) is 18.4 Å². The maximum absolute atomic E-state index is 14.0. The quantitative estimate of drug-likeness (QED) is 0.711. The average molecular weight is 399 g/mol. The summed E-state index contributed by atoms with van der Waals surface area (Å²) in [5.74, 6) is 0.0335. The highest BCUT2D eigenvalue weighted by Gasteiger charge is 2.54. The van der Waals surface area contributed by atoms with Gasteiger partial charge >= 0.3 is 5.97 Å². The highest BCUT2D eigenvalue weighted by atomic mass is 19.1. The number of benzene rings is 1. The Hall–Kier alpha value is -2.24. The summed E-state index contributed by atoms with van der Waals surface area (Å²) in [5, 5.41) is 0. The Morgan fingerprint density at radius 2 is 1.69 bits per heavy atom. The minimum Gasteiger partial charge on any atom is -0.457 e. The Kier molecular flexibility index (Phi) is 4.48. The number of esters is 1. The number of hydrogen-bond donors (Lipinski definition) is 0. The number of rotatable bonds is 5. The fourth-order valence-corrected chi connectivity index (χ4v) is 6.63. The van der Waals surface area contributed by atoms with E-state index in [0.717, 1.165) is 19.3 Å². The summed E-state index contributed by atoms with van der Waals surface area (Å²) < 4.78 is 19.4. The third kappa shape index (κ3) is 3.26. The zero-order valence-electron chi connectivity index (χ0n) is 16.4. The zero-order valence-corrected chi connectivity index (χ0v) is 16.4. The lowest BCUT2D eigenvalue weighted by Gasteiger charge is -2.55. The van der Waals surface area contributed by atoms with Crippen molar-refractivity contribution >= 4 is 23.3 Å². The van der Waals surface area contributed by atoms with Gasteiger partial charge in [0.1, 0.15) is 5.82 Å². The van der Waals surface area contributed by atoms with Crippen molar-refractivity contribution in [2.45, 2.75) is 44.9 Å². The summed E-state index contributed by atoms with van der Waals surface area (Å²) in [6.45, 7) is -0.112. The van der Waals surface area contributed by atoms with Crippen molar-refractivity contribution in [1.29, 1.82) is 0 Å². The third-order valence-electron chi connectivity index (χ3n) is 7.58. The van der Waals surface area contributed by atoms with E-state index in [1.807, 2.05) is 0 Å². The normalized spacial score (nSPS) is 35.2. The molecule has 0 spiro atoms. The van der Waals surface area contributed by atoms with E-state index < -0.39 is 17.7 Å². The van der Waals surface area contributed by atoms with Crippen molar-refractivity contribution in [2.75, 3.05) is 18.1 Å². The first kappa shape index (κ1) is 18.8. The van der Waals surface area contributed by atoms with Crippen LogP contribution in [0.15, 0.2) is 24.3 Å². The molecule has 1 amide bonds. The van der Waals surface area contributed by atoms with Crippen LogP contribution in [0.5, 0.6) is 0 Å². The van der Waals surface area contributed by atoms with Crippen LogP contribution in [0.4, 0.5) is 10.1 Å². The standard InChI is InChI=1S/C23H26FNO4/c24-18-3-1-2-4-19(18)25-12-17(8-21(25)27)22(28)29-13-20(26)23-9-14-5-15(10-23)7-16(6-14)11-23/h1-4,14-17H,5-13H2/t14?,15?,16?,17-,23?/m1/s1. The third-order valence-corrected chi connectivity index (χ3v) is 7.58. The number of nitrogens with zero attached hydrogens (tertiary/aromatic N) is 1. The Bertz CT molecular complexity index is 831. The molecule has 5 aliphatic rings. The number of halogens is 1. The molecule has 4 aliphatic carbocycles. The molecule has 5 fully saturated rings. The fourth-order valence-electron chi connectivity index (χ4n) is 6.63. The van der Waals surface area contributed by atoms with E-state index >= 15 is 0 Å². The monoisotopic (exact) mass is 399 g/mol. The molecule has 4 saturated carbocycles. The highest BCUT2D eigenvalue weighted by Crippen LogP contribution is 2.60. The van der Waals surface area contributed by atoms with Gasteiger partial charge in [-0.2, -0.15) is 0 Å². The van der Waals surface area contributed by atoms with Crippen LogP contribution in [0, 0.1) is 34.9 Å². The Labute approximate surface area is 169 Å². The lowest BCUT2D eigenvalue weighted by atomic mass is 9.48. The lowest BCUT2D eigenvalue weighted by molar-refractivity contribution is -0.160. The molecule has 1 aromatic carbocycles. The van der Waals surface area contributed by atoms with Crippen LogP contribution >= 0.6 is 0 Å². The number of Topliss-reactive ketones (excluding diaryl/α,β-unsaturated/α-hetero) is 1. The van der Waals surface area contributed by atoms with Gasteiger partial charge in [0.15, 0.2) is 12.4 Å². The van der Waals surface area contributed by atoms with Gasteiger partial charge in [-0.3, -0.25) is 14.4 Å². The molecular weight excluding hydrogens is 373 g/mol. The van der Waals surface area contributed by atoms with E-state index in [2.05, 4.69) is 0 Å². The van der Waals surface area contributed by atoms with Crippen LogP contribution in [0.2, 0.25) is 0 Å². The summed E-state index contributed by atoms with van der Waals surface area (Å²) in [5.41, 5.74) is -0.114. The smallest absolute Gasteiger partial charge is 0.311 e. The molecule has 4 bridgehead atoms. The number of para-hydroxylation sites is 1. The van der Waals surface area contributed by atoms with E-state index in [1.54, 1.807) is 12.1 Å². The van der Waals surface area contributed by atoms with E-state index in [1.165, 1.54) is 36.3 Å². The van der Waals surface area contributed by atoms with Crippen molar-refractivity contribution < 1.29 is 23.5 Å². The molecule has 0 aromatic heterocycles. The maximum atomic E-state index is 14.0. The fraction of sp³-hybridized carbons (Fsp3) is 0.609. The molecule has 5 nitrogen and oxygen atoms in total. The number of carbonyl (C=O) groups is 3. The molecule has 1 aromatic rings. The van der Waals surface area contributed by atoms with Crippen LogP contribution in [-0.4, -0.2) is 30.8 Å². The maximum Gasteiger partial charge on any atom is 0.311 e. The van der Waals surface area contributed by atoms with Gasteiger partial charge in [-0.25, -0.2) is 4.39 Å². The molecule has 1 heterocycles.